The van der Waals surface area contributed by atoms with Gasteiger partial charge in [-0.3, -0.25) is 9.59 Å². The van der Waals surface area contributed by atoms with Gasteiger partial charge in [-0.05, 0) is 24.6 Å². The van der Waals surface area contributed by atoms with E-state index in [0.717, 1.165) is 0 Å². The Bertz CT molecular complexity index is 1030. The third-order valence-electron chi connectivity index (χ3n) is 4.25. The molecule has 29 heavy (non-hydrogen) atoms. The molecule has 0 radical (unpaired) electrons. The van der Waals surface area contributed by atoms with Gasteiger partial charge in [0.1, 0.15) is 11.9 Å². The lowest BCUT2D eigenvalue weighted by Gasteiger charge is -2.16. The Morgan fingerprint density at radius 1 is 1.34 bits per heavy atom. The number of carbonyl (C=O) groups excluding carboxylic acids is 2. The smallest absolute Gasteiger partial charge is 0.253 e. The molecular weight excluding hydrogens is 395 g/mol. The number of benzene rings is 1. The van der Waals surface area contributed by atoms with E-state index in [1.165, 1.54) is 18.4 Å². The number of methoxy groups -OCH3 is 1. The lowest BCUT2D eigenvalue weighted by Crippen LogP contribution is -2.46. The van der Waals surface area contributed by atoms with Gasteiger partial charge in [-0.1, -0.05) is 12.1 Å². The van der Waals surface area contributed by atoms with Crippen molar-refractivity contribution in [2.24, 2.45) is 7.05 Å². The molecule has 1 atom stereocenters. The molecule has 0 saturated carbocycles. The number of aromatic nitrogens is 2. The monoisotopic (exact) mass is 416 g/mol. The van der Waals surface area contributed by atoms with E-state index in [-0.39, 0.29) is 18.3 Å². The van der Waals surface area contributed by atoms with Crippen molar-refractivity contribution in [3.8, 4) is 11.3 Å². The standard InChI is InChI=1S/C20H21FN4O3S/c1-12-5-4-6-14(17(12)21)16-11-29-20(23-16)24-19(27)15(10-28-3)22-18(26)13-7-8-25(2)9-13/h4-9,11,15H,10H2,1-3H3,(H,22,26)(H,23,24,27). The van der Waals surface area contributed by atoms with Gasteiger partial charge in [0.2, 0.25) is 0 Å². The van der Waals surface area contributed by atoms with Crippen LogP contribution >= 0.6 is 11.3 Å². The molecule has 0 aliphatic rings. The molecule has 2 heterocycles. The fourth-order valence-electron chi connectivity index (χ4n) is 2.72. The van der Waals surface area contributed by atoms with Crippen molar-refractivity contribution in [2.75, 3.05) is 19.0 Å². The summed E-state index contributed by atoms with van der Waals surface area (Å²) in [5.41, 5.74) is 1.76. The van der Waals surface area contributed by atoms with E-state index in [4.69, 9.17) is 4.74 Å². The zero-order valence-electron chi connectivity index (χ0n) is 16.2. The fraction of sp³-hybridized carbons (Fsp3) is 0.250. The van der Waals surface area contributed by atoms with Gasteiger partial charge in [0.05, 0.1) is 17.9 Å². The molecule has 1 unspecified atom stereocenters. The van der Waals surface area contributed by atoms with Crippen molar-refractivity contribution in [2.45, 2.75) is 13.0 Å². The van der Waals surface area contributed by atoms with Gasteiger partial charge in [-0.15, -0.1) is 11.3 Å². The minimum atomic E-state index is -0.907. The highest BCUT2D eigenvalue weighted by Crippen LogP contribution is 2.28. The molecule has 7 nitrogen and oxygen atoms in total. The zero-order valence-corrected chi connectivity index (χ0v) is 17.0. The number of amides is 2. The normalized spacial score (nSPS) is 11.9. The number of thiazole rings is 1. The lowest BCUT2D eigenvalue weighted by atomic mass is 10.1. The van der Waals surface area contributed by atoms with E-state index >= 15 is 0 Å². The molecule has 0 bridgehead atoms. The molecule has 3 rings (SSSR count). The van der Waals surface area contributed by atoms with Crippen LogP contribution in [0, 0.1) is 12.7 Å². The number of hydrogen-bond donors (Lipinski definition) is 2. The van der Waals surface area contributed by atoms with Crippen LogP contribution < -0.4 is 10.6 Å². The topological polar surface area (TPSA) is 85.2 Å². The zero-order chi connectivity index (χ0) is 21.0. The Balaban J connectivity index is 1.71. The number of anilines is 1. The average molecular weight is 416 g/mol. The maximum atomic E-state index is 14.3. The Morgan fingerprint density at radius 2 is 2.14 bits per heavy atom. The second-order valence-corrected chi connectivity index (χ2v) is 7.37. The van der Waals surface area contributed by atoms with E-state index in [0.29, 0.717) is 27.5 Å². The van der Waals surface area contributed by atoms with Crippen LogP contribution in [-0.4, -0.2) is 41.1 Å². The van der Waals surface area contributed by atoms with Crippen LogP contribution in [0.1, 0.15) is 15.9 Å². The molecule has 0 saturated heterocycles. The summed E-state index contributed by atoms with van der Waals surface area (Å²) in [5.74, 6) is -1.20. The molecular formula is C20H21FN4O3S. The third kappa shape index (κ3) is 4.87. The molecule has 0 aliphatic carbocycles. The van der Waals surface area contributed by atoms with Gasteiger partial charge in [-0.2, -0.15) is 0 Å². The Kier molecular flexibility index (Phi) is 6.40. The summed E-state index contributed by atoms with van der Waals surface area (Å²) in [6, 6.07) is 5.81. The van der Waals surface area contributed by atoms with Crippen molar-refractivity contribution in [3.63, 3.8) is 0 Å². The van der Waals surface area contributed by atoms with E-state index in [2.05, 4.69) is 15.6 Å². The minimum Gasteiger partial charge on any atom is -0.382 e. The summed E-state index contributed by atoms with van der Waals surface area (Å²) in [4.78, 5) is 29.3. The van der Waals surface area contributed by atoms with Crippen molar-refractivity contribution in [3.05, 3.63) is 59.0 Å². The predicted octanol–water partition coefficient (Wildman–Crippen LogP) is 2.98. The van der Waals surface area contributed by atoms with Crippen LogP contribution in [0.3, 0.4) is 0 Å². The highest BCUT2D eigenvalue weighted by Gasteiger charge is 2.23. The highest BCUT2D eigenvalue weighted by atomic mass is 32.1. The molecule has 2 N–H and O–H groups in total. The van der Waals surface area contributed by atoms with E-state index in [1.807, 2.05) is 0 Å². The molecule has 1 aromatic carbocycles. The summed E-state index contributed by atoms with van der Waals surface area (Å²) in [6.45, 7) is 1.67. The molecule has 0 spiro atoms. The molecule has 0 fully saturated rings. The first kappa shape index (κ1) is 20.7. The second-order valence-electron chi connectivity index (χ2n) is 6.51. The van der Waals surface area contributed by atoms with Crippen molar-refractivity contribution < 1.29 is 18.7 Å². The van der Waals surface area contributed by atoms with Gasteiger partial charge in [0.25, 0.3) is 11.8 Å². The maximum Gasteiger partial charge on any atom is 0.253 e. The van der Waals surface area contributed by atoms with Crippen LogP contribution in [0.4, 0.5) is 9.52 Å². The summed E-state index contributed by atoms with van der Waals surface area (Å²) < 4.78 is 21.1. The average Bonchev–Trinajstić information content (AvgIpc) is 3.32. The van der Waals surface area contributed by atoms with Gasteiger partial charge >= 0.3 is 0 Å². The summed E-state index contributed by atoms with van der Waals surface area (Å²) in [7, 11) is 3.24. The minimum absolute atomic E-state index is 0.00481. The summed E-state index contributed by atoms with van der Waals surface area (Å²) in [5, 5.41) is 7.28. The first-order valence-corrected chi connectivity index (χ1v) is 9.70. The Labute approximate surface area is 171 Å². The second kappa shape index (κ2) is 8.97. The number of ether oxygens (including phenoxy) is 1. The molecule has 9 heteroatoms. The van der Waals surface area contributed by atoms with Gasteiger partial charge in [0.15, 0.2) is 5.13 Å². The highest BCUT2D eigenvalue weighted by molar-refractivity contribution is 7.14. The number of hydrogen-bond acceptors (Lipinski definition) is 5. The van der Waals surface area contributed by atoms with Crippen molar-refractivity contribution in [1.82, 2.24) is 14.9 Å². The molecule has 0 aliphatic heterocycles. The maximum absolute atomic E-state index is 14.3. The number of nitrogens with zero attached hydrogens (tertiary/aromatic N) is 2. The van der Waals surface area contributed by atoms with Crippen molar-refractivity contribution >= 4 is 28.3 Å². The Hall–Kier alpha value is -3.04. The summed E-state index contributed by atoms with van der Waals surface area (Å²) in [6.07, 6.45) is 3.39. The van der Waals surface area contributed by atoms with Gasteiger partial charge < -0.3 is 19.9 Å². The lowest BCUT2D eigenvalue weighted by molar-refractivity contribution is -0.119. The van der Waals surface area contributed by atoms with E-state index in [1.54, 1.807) is 60.6 Å². The number of aryl methyl sites for hydroxylation is 2. The fourth-order valence-corrected chi connectivity index (χ4v) is 3.43. The van der Waals surface area contributed by atoms with Crippen LogP contribution in [-0.2, 0) is 16.6 Å². The van der Waals surface area contributed by atoms with Crippen LogP contribution in [0.25, 0.3) is 11.3 Å². The number of halogens is 1. The van der Waals surface area contributed by atoms with Crippen LogP contribution in [0.5, 0.6) is 0 Å². The number of rotatable bonds is 7. The molecule has 152 valence electrons. The number of nitrogens with one attached hydrogen (secondary N) is 2. The molecule has 2 aromatic heterocycles. The van der Waals surface area contributed by atoms with Gasteiger partial charge in [0, 0.05) is 37.5 Å². The van der Waals surface area contributed by atoms with Crippen LogP contribution in [0.15, 0.2) is 42.0 Å². The van der Waals surface area contributed by atoms with Crippen LogP contribution in [0.2, 0.25) is 0 Å². The van der Waals surface area contributed by atoms with E-state index < -0.39 is 11.9 Å². The van der Waals surface area contributed by atoms with Crippen molar-refractivity contribution in [1.29, 1.82) is 0 Å². The quantitative estimate of drug-likeness (QED) is 0.620. The largest absolute Gasteiger partial charge is 0.382 e. The molecule has 2 amide bonds. The SMILES string of the molecule is COCC(NC(=O)c1ccn(C)c1)C(=O)Nc1nc(-c2cccc(C)c2F)cs1. The Morgan fingerprint density at radius 3 is 2.83 bits per heavy atom. The summed E-state index contributed by atoms with van der Waals surface area (Å²) >= 11 is 1.17. The number of carbonyl (C=O) groups is 2. The predicted molar refractivity (Wildman–Crippen MR) is 109 cm³/mol. The third-order valence-corrected chi connectivity index (χ3v) is 5.01. The van der Waals surface area contributed by atoms with E-state index in [9.17, 15) is 14.0 Å². The first-order chi connectivity index (χ1) is 13.9. The first-order valence-electron chi connectivity index (χ1n) is 8.82. The molecule has 3 aromatic rings. The van der Waals surface area contributed by atoms with Gasteiger partial charge in [-0.25, -0.2) is 9.37 Å².